The maximum atomic E-state index is 12.3. The first kappa shape index (κ1) is 20.1. The van der Waals surface area contributed by atoms with Crippen LogP contribution in [0.5, 0.6) is 5.75 Å². The lowest BCUT2D eigenvalue weighted by atomic mass is 10.1. The molecule has 0 bridgehead atoms. The van der Waals surface area contributed by atoms with Crippen molar-refractivity contribution in [2.75, 3.05) is 23.5 Å². The first-order valence-corrected chi connectivity index (χ1v) is 12.6. The van der Waals surface area contributed by atoms with Gasteiger partial charge in [0.1, 0.15) is 11.6 Å². The first-order valence-electron chi connectivity index (χ1n) is 9.76. The highest BCUT2D eigenvalue weighted by molar-refractivity contribution is 8.13. The Morgan fingerprint density at radius 3 is 2.71 bits per heavy atom. The molecule has 5 rings (SSSR count). The third kappa shape index (κ3) is 3.81. The molecule has 3 heterocycles. The van der Waals surface area contributed by atoms with Gasteiger partial charge in [0.25, 0.3) is 5.56 Å². The zero-order valence-electron chi connectivity index (χ0n) is 16.7. The average molecular weight is 457 g/mol. The third-order valence-corrected chi connectivity index (χ3v) is 8.13. The molecule has 1 N–H and O–H groups in total. The monoisotopic (exact) mass is 456 g/mol. The minimum atomic E-state index is -3.12. The van der Waals surface area contributed by atoms with Gasteiger partial charge in [-0.15, -0.1) is 0 Å². The highest BCUT2D eigenvalue weighted by Gasteiger charge is 2.47. The molecule has 0 spiro atoms. The molecule has 1 saturated heterocycles. The highest BCUT2D eigenvalue weighted by atomic mass is 32.2. The van der Waals surface area contributed by atoms with Crippen LogP contribution in [0, 0.1) is 0 Å². The van der Waals surface area contributed by atoms with E-state index in [-0.39, 0.29) is 29.1 Å². The van der Waals surface area contributed by atoms with E-state index < -0.39 is 9.84 Å². The van der Waals surface area contributed by atoms with Crippen molar-refractivity contribution in [1.82, 2.24) is 9.97 Å². The molecular formula is C21H20N4O4S2. The fourth-order valence-electron chi connectivity index (χ4n) is 4.01. The Hall–Kier alpha value is -2.85. The van der Waals surface area contributed by atoms with Gasteiger partial charge in [0, 0.05) is 5.69 Å². The summed E-state index contributed by atoms with van der Waals surface area (Å²) < 4.78 is 29.6. The van der Waals surface area contributed by atoms with Crippen molar-refractivity contribution < 1.29 is 13.2 Å². The van der Waals surface area contributed by atoms with Gasteiger partial charge in [-0.1, -0.05) is 23.9 Å². The van der Waals surface area contributed by atoms with Crippen molar-refractivity contribution in [3.05, 3.63) is 64.7 Å². The number of amidine groups is 1. The van der Waals surface area contributed by atoms with Crippen LogP contribution in [0.15, 0.2) is 58.3 Å². The number of methoxy groups -OCH3 is 1. The smallest absolute Gasteiger partial charge is 0.258 e. The van der Waals surface area contributed by atoms with Crippen LogP contribution in [0.2, 0.25) is 0 Å². The van der Waals surface area contributed by atoms with Crippen LogP contribution in [-0.4, -0.2) is 54.3 Å². The maximum Gasteiger partial charge on any atom is 0.258 e. The molecule has 1 fully saturated rings. The Labute approximate surface area is 183 Å². The van der Waals surface area contributed by atoms with Crippen LogP contribution in [0.1, 0.15) is 5.82 Å². The van der Waals surface area contributed by atoms with Crippen molar-refractivity contribution in [2.24, 2.45) is 4.99 Å². The quantitative estimate of drug-likeness (QED) is 0.642. The maximum absolute atomic E-state index is 12.3. The van der Waals surface area contributed by atoms with Crippen molar-refractivity contribution in [1.29, 1.82) is 0 Å². The van der Waals surface area contributed by atoms with Crippen LogP contribution in [0.25, 0.3) is 10.9 Å². The molecule has 31 heavy (non-hydrogen) atoms. The molecule has 3 aromatic rings. The second-order valence-corrected chi connectivity index (χ2v) is 10.6. The van der Waals surface area contributed by atoms with Gasteiger partial charge < -0.3 is 14.6 Å². The van der Waals surface area contributed by atoms with E-state index in [1.807, 2.05) is 41.3 Å². The van der Waals surface area contributed by atoms with Crippen molar-refractivity contribution in [3.8, 4) is 5.75 Å². The molecule has 0 saturated carbocycles. The summed E-state index contributed by atoms with van der Waals surface area (Å²) in [5, 5.41) is 1.28. The molecule has 10 heteroatoms. The molecule has 2 aliphatic rings. The van der Waals surface area contributed by atoms with Gasteiger partial charge in [-0.05, 0) is 36.4 Å². The lowest BCUT2D eigenvalue weighted by Crippen LogP contribution is -2.39. The number of rotatable bonds is 4. The van der Waals surface area contributed by atoms with E-state index in [0.717, 1.165) is 16.6 Å². The first-order chi connectivity index (χ1) is 14.9. The molecule has 0 amide bonds. The average Bonchev–Trinajstić information content (AvgIpc) is 3.23. The van der Waals surface area contributed by atoms with E-state index >= 15 is 0 Å². The van der Waals surface area contributed by atoms with Gasteiger partial charge in [0.05, 0.1) is 47.4 Å². The Morgan fingerprint density at radius 1 is 1.16 bits per heavy atom. The number of hydrogen-bond donors (Lipinski definition) is 1. The summed E-state index contributed by atoms with van der Waals surface area (Å²) in [5.41, 5.74) is 1.33. The number of anilines is 1. The number of ether oxygens (including phenoxy) is 1. The molecule has 8 nitrogen and oxygen atoms in total. The lowest BCUT2D eigenvalue weighted by molar-refractivity contribution is 0.415. The number of benzene rings is 2. The fraction of sp³-hybridized carbons (Fsp3) is 0.286. The summed E-state index contributed by atoms with van der Waals surface area (Å²) in [6.45, 7) is 0. The third-order valence-electron chi connectivity index (χ3n) is 5.46. The Bertz CT molecular complexity index is 1340. The predicted octanol–water partition coefficient (Wildman–Crippen LogP) is 2.21. The number of nitrogens with zero attached hydrogens (tertiary/aromatic N) is 3. The number of thioether (sulfide) groups is 1. The number of H-pyrrole nitrogens is 1. The molecule has 2 aliphatic heterocycles. The van der Waals surface area contributed by atoms with E-state index in [0.29, 0.717) is 22.5 Å². The molecule has 2 atom stereocenters. The number of aliphatic imine (C=N–C) groups is 1. The molecule has 160 valence electrons. The highest BCUT2D eigenvalue weighted by Crippen LogP contribution is 2.36. The zero-order chi connectivity index (χ0) is 21.6. The second kappa shape index (κ2) is 7.69. The predicted molar refractivity (Wildman–Crippen MR) is 123 cm³/mol. The summed E-state index contributed by atoms with van der Waals surface area (Å²) in [6, 6.07) is 14.2. The summed E-state index contributed by atoms with van der Waals surface area (Å²) in [6.07, 6.45) is 0. The normalized spacial score (nSPS) is 21.8. The molecule has 1 aromatic heterocycles. The summed E-state index contributed by atoms with van der Waals surface area (Å²) in [4.78, 5) is 26.4. The molecule has 0 unspecified atom stereocenters. The fourth-order valence-corrected chi connectivity index (χ4v) is 6.85. The minimum absolute atomic E-state index is 0.0550. The number of para-hydroxylation sites is 1. The number of nitrogens with one attached hydrogen (secondary N) is 1. The second-order valence-electron chi connectivity index (χ2n) is 7.51. The van der Waals surface area contributed by atoms with Crippen LogP contribution < -0.4 is 15.2 Å². The minimum Gasteiger partial charge on any atom is -0.497 e. The van der Waals surface area contributed by atoms with Gasteiger partial charge in [-0.3, -0.25) is 9.79 Å². The van der Waals surface area contributed by atoms with Crippen LogP contribution in [0.4, 0.5) is 5.69 Å². The van der Waals surface area contributed by atoms with Crippen molar-refractivity contribution >= 4 is 43.4 Å². The van der Waals surface area contributed by atoms with E-state index in [4.69, 9.17) is 9.73 Å². The van der Waals surface area contributed by atoms with Gasteiger partial charge in [-0.2, -0.15) is 0 Å². The number of aromatic amines is 1. The van der Waals surface area contributed by atoms with Crippen molar-refractivity contribution in [2.45, 2.75) is 17.8 Å². The lowest BCUT2D eigenvalue weighted by Gasteiger charge is -2.26. The van der Waals surface area contributed by atoms with Crippen LogP contribution in [-0.2, 0) is 15.6 Å². The number of hydrogen-bond acceptors (Lipinski definition) is 8. The number of sulfone groups is 1. The van der Waals surface area contributed by atoms with Gasteiger partial charge in [0.15, 0.2) is 15.0 Å². The molecule has 0 aliphatic carbocycles. The van der Waals surface area contributed by atoms with E-state index in [9.17, 15) is 13.2 Å². The summed E-state index contributed by atoms with van der Waals surface area (Å²) in [7, 11) is -1.52. The van der Waals surface area contributed by atoms with Crippen molar-refractivity contribution in [3.63, 3.8) is 0 Å². The summed E-state index contributed by atoms with van der Waals surface area (Å²) >= 11 is 1.44. The Morgan fingerprint density at radius 2 is 1.94 bits per heavy atom. The SMILES string of the molecule is COc1ccc(N2C(SCc3nc4ccccc4c(=O)[nH]3)=N[C@@H]3CS(=O)(=O)C[C@H]32)cc1. The van der Waals surface area contributed by atoms with E-state index in [1.54, 1.807) is 19.2 Å². The number of fused-ring (bicyclic) bond motifs is 2. The zero-order valence-corrected chi connectivity index (χ0v) is 18.3. The van der Waals surface area contributed by atoms with Gasteiger partial charge >= 0.3 is 0 Å². The molecular weight excluding hydrogens is 436 g/mol. The molecule has 2 aromatic carbocycles. The Balaban J connectivity index is 1.44. The standard InChI is InChI=1S/C21H20N4O4S2/c1-29-14-8-6-13(7-9-14)25-18-12-31(27,28)11-17(18)23-21(25)30-10-19-22-16-5-3-2-4-15(16)20(26)24-19/h2-9,17-18H,10-12H2,1H3,(H,22,24,26)/t17-,18-/m1/s1. The van der Waals surface area contributed by atoms with Gasteiger partial charge in [-0.25, -0.2) is 13.4 Å². The number of aromatic nitrogens is 2. The van der Waals surface area contributed by atoms with E-state index in [1.165, 1.54) is 11.8 Å². The Kier molecular flexibility index (Phi) is 4.98. The van der Waals surface area contributed by atoms with Crippen LogP contribution in [0.3, 0.4) is 0 Å². The van der Waals surface area contributed by atoms with Gasteiger partial charge in [0.2, 0.25) is 0 Å². The topological polar surface area (TPSA) is 105 Å². The van der Waals surface area contributed by atoms with Crippen LogP contribution >= 0.6 is 11.8 Å². The largest absolute Gasteiger partial charge is 0.497 e. The summed E-state index contributed by atoms with van der Waals surface area (Å²) in [5.74, 6) is 1.82. The van der Waals surface area contributed by atoms with E-state index in [2.05, 4.69) is 9.97 Å². The molecule has 0 radical (unpaired) electrons.